The van der Waals surface area contributed by atoms with Gasteiger partial charge in [-0.1, -0.05) is 55.8 Å². The lowest BCUT2D eigenvalue weighted by Gasteiger charge is -2.07. The summed E-state index contributed by atoms with van der Waals surface area (Å²) in [5.74, 6) is -0.591. The fraction of sp³-hybridized carbons (Fsp3) is 0.222. The maximum absolute atomic E-state index is 12.3. The molecule has 0 aliphatic heterocycles. The van der Waals surface area contributed by atoms with E-state index in [-0.39, 0.29) is 11.3 Å². The van der Waals surface area contributed by atoms with Gasteiger partial charge in [-0.3, -0.25) is 14.9 Å². The molecule has 0 aromatic heterocycles. The number of unbranched alkanes of at least 4 members (excludes halogenated alkanes) is 1. The maximum atomic E-state index is 12.3. The standard InChI is InChI=1S/C18H19N3O3/c1-2-3-12-16(14-9-5-4-6-10-14)19-20-18(22)15-11-7-8-13-17(15)21(23)24/h4-11,13H,2-3,12H2,1H3,(H,20,22). The highest BCUT2D eigenvalue weighted by molar-refractivity contribution is 6.03. The van der Waals surface area contributed by atoms with Gasteiger partial charge in [0.2, 0.25) is 0 Å². The van der Waals surface area contributed by atoms with Gasteiger partial charge in [0.1, 0.15) is 5.56 Å². The molecule has 0 unspecified atom stereocenters. The molecule has 0 spiro atoms. The second kappa shape index (κ2) is 8.57. The van der Waals surface area contributed by atoms with Crippen molar-refractivity contribution in [1.82, 2.24) is 5.43 Å². The Bertz CT molecular complexity index is 742. The van der Waals surface area contributed by atoms with Gasteiger partial charge in [0, 0.05) is 6.07 Å². The minimum Gasteiger partial charge on any atom is -0.267 e. The molecule has 2 rings (SSSR count). The van der Waals surface area contributed by atoms with Crippen LogP contribution in [0.25, 0.3) is 0 Å². The summed E-state index contributed by atoms with van der Waals surface area (Å²) in [6.07, 6.45) is 2.66. The number of nitrogens with one attached hydrogen (secondary N) is 1. The smallest absolute Gasteiger partial charge is 0.267 e. The first-order valence-electron chi connectivity index (χ1n) is 7.79. The molecule has 2 aromatic rings. The van der Waals surface area contributed by atoms with Crippen LogP contribution in [0.5, 0.6) is 0 Å². The second-order valence-corrected chi connectivity index (χ2v) is 5.24. The van der Waals surface area contributed by atoms with Crippen LogP contribution in [-0.2, 0) is 0 Å². The van der Waals surface area contributed by atoms with E-state index in [1.54, 1.807) is 6.07 Å². The number of carbonyl (C=O) groups is 1. The van der Waals surface area contributed by atoms with Gasteiger partial charge >= 0.3 is 0 Å². The molecule has 124 valence electrons. The minimum absolute atomic E-state index is 0.00541. The van der Waals surface area contributed by atoms with E-state index >= 15 is 0 Å². The molecule has 1 N–H and O–H groups in total. The molecular weight excluding hydrogens is 306 g/mol. The van der Waals surface area contributed by atoms with Crippen molar-refractivity contribution < 1.29 is 9.72 Å². The number of benzene rings is 2. The maximum Gasteiger partial charge on any atom is 0.282 e. The summed E-state index contributed by atoms with van der Waals surface area (Å²) in [4.78, 5) is 22.7. The second-order valence-electron chi connectivity index (χ2n) is 5.24. The third-order valence-corrected chi connectivity index (χ3v) is 3.51. The van der Waals surface area contributed by atoms with Gasteiger partial charge in [0.05, 0.1) is 10.6 Å². The zero-order chi connectivity index (χ0) is 17.4. The molecule has 0 bridgehead atoms. The van der Waals surface area contributed by atoms with Crippen LogP contribution in [0.15, 0.2) is 59.7 Å². The molecule has 6 nitrogen and oxygen atoms in total. The Hall–Kier alpha value is -3.02. The van der Waals surface area contributed by atoms with Crippen molar-refractivity contribution in [2.24, 2.45) is 5.10 Å². The summed E-state index contributed by atoms with van der Waals surface area (Å²) >= 11 is 0. The summed E-state index contributed by atoms with van der Waals surface area (Å²) in [6.45, 7) is 2.08. The van der Waals surface area contributed by atoms with E-state index in [0.717, 1.165) is 30.5 Å². The van der Waals surface area contributed by atoms with Gasteiger partial charge in [-0.2, -0.15) is 5.10 Å². The van der Waals surface area contributed by atoms with Gasteiger partial charge in [-0.15, -0.1) is 0 Å². The third kappa shape index (κ3) is 4.49. The lowest BCUT2D eigenvalue weighted by atomic mass is 10.1. The molecular formula is C18H19N3O3. The number of nitro benzene ring substituents is 1. The van der Waals surface area contributed by atoms with Crippen molar-refractivity contribution in [3.8, 4) is 0 Å². The molecule has 0 aliphatic carbocycles. The number of para-hydroxylation sites is 1. The minimum atomic E-state index is -0.591. The number of carbonyl (C=O) groups excluding carboxylic acids is 1. The van der Waals surface area contributed by atoms with Crippen LogP contribution in [0.2, 0.25) is 0 Å². The van der Waals surface area contributed by atoms with Gasteiger partial charge in [-0.25, -0.2) is 5.43 Å². The van der Waals surface area contributed by atoms with Crippen molar-refractivity contribution in [2.45, 2.75) is 26.2 Å². The van der Waals surface area contributed by atoms with E-state index in [1.807, 2.05) is 30.3 Å². The molecule has 0 saturated heterocycles. The average molecular weight is 325 g/mol. The Kier molecular flexibility index (Phi) is 6.19. The molecule has 0 atom stereocenters. The normalized spacial score (nSPS) is 11.1. The fourth-order valence-electron chi connectivity index (χ4n) is 2.24. The molecule has 6 heteroatoms. The summed E-state index contributed by atoms with van der Waals surface area (Å²) in [7, 11) is 0. The van der Waals surface area contributed by atoms with Crippen molar-refractivity contribution in [2.75, 3.05) is 0 Å². The lowest BCUT2D eigenvalue weighted by Crippen LogP contribution is -2.21. The third-order valence-electron chi connectivity index (χ3n) is 3.51. The Morgan fingerprint density at radius 1 is 1.12 bits per heavy atom. The number of nitrogens with zero attached hydrogens (tertiary/aromatic N) is 2. The van der Waals surface area contributed by atoms with Gasteiger partial charge in [-0.05, 0) is 24.5 Å². The molecule has 0 fully saturated rings. The predicted octanol–water partition coefficient (Wildman–Crippen LogP) is 3.92. The fourth-order valence-corrected chi connectivity index (χ4v) is 2.24. The van der Waals surface area contributed by atoms with E-state index in [1.165, 1.54) is 18.2 Å². The van der Waals surface area contributed by atoms with Crippen LogP contribution in [0.4, 0.5) is 5.69 Å². The van der Waals surface area contributed by atoms with E-state index in [2.05, 4.69) is 17.5 Å². The Labute approximate surface area is 140 Å². The van der Waals surface area contributed by atoms with Crippen LogP contribution in [-0.4, -0.2) is 16.5 Å². The predicted molar refractivity (Wildman–Crippen MR) is 93.1 cm³/mol. The summed E-state index contributed by atoms with van der Waals surface area (Å²) in [6, 6.07) is 15.4. The monoisotopic (exact) mass is 325 g/mol. The number of amides is 1. The molecule has 0 heterocycles. The number of hydrogen-bond acceptors (Lipinski definition) is 4. The first-order chi connectivity index (χ1) is 11.6. The van der Waals surface area contributed by atoms with Crippen molar-refractivity contribution in [1.29, 1.82) is 0 Å². The molecule has 2 aromatic carbocycles. The SMILES string of the molecule is CCCCC(=NNC(=O)c1ccccc1[N+](=O)[O-])c1ccccc1. The van der Waals surface area contributed by atoms with Gasteiger partial charge in [0.25, 0.3) is 11.6 Å². The van der Waals surface area contributed by atoms with Crippen molar-refractivity contribution >= 4 is 17.3 Å². The molecule has 0 radical (unpaired) electrons. The Morgan fingerprint density at radius 2 is 1.79 bits per heavy atom. The Morgan fingerprint density at radius 3 is 2.46 bits per heavy atom. The lowest BCUT2D eigenvalue weighted by molar-refractivity contribution is -0.385. The number of hydrogen-bond donors (Lipinski definition) is 1. The van der Waals surface area contributed by atoms with Gasteiger partial charge in [0.15, 0.2) is 0 Å². The van der Waals surface area contributed by atoms with E-state index in [9.17, 15) is 14.9 Å². The van der Waals surface area contributed by atoms with Gasteiger partial charge < -0.3 is 0 Å². The molecule has 0 saturated carbocycles. The molecule has 0 aliphatic rings. The quantitative estimate of drug-likeness (QED) is 0.475. The number of nitro groups is 1. The van der Waals surface area contributed by atoms with E-state index in [4.69, 9.17) is 0 Å². The number of rotatable bonds is 7. The summed E-state index contributed by atoms with van der Waals surface area (Å²) < 4.78 is 0. The van der Waals surface area contributed by atoms with Crippen molar-refractivity contribution in [3.05, 3.63) is 75.8 Å². The van der Waals surface area contributed by atoms with Crippen molar-refractivity contribution in [3.63, 3.8) is 0 Å². The average Bonchev–Trinajstić information content (AvgIpc) is 2.62. The summed E-state index contributed by atoms with van der Waals surface area (Å²) in [5.41, 5.74) is 3.88. The molecule has 1 amide bonds. The highest BCUT2D eigenvalue weighted by Crippen LogP contribution is 2.17. The van der Waals surface area contributed by atoms with Crippen LogP contribution in [0.1, 0.15) is 42.1 Å². The van der Waals surface area contributed by atoms with Crippen LogP contribution >= 0.6 is 0 Å². The largest absolute Gasteiger partial charge is 0.282 e. The number of hydrazone groups is 1. The first-order valence-corrected chi connectivity index (χ1v) is 7.79. The Balaban J connectivity index is 2.22. The zero-order valence-corrected chi connectivity index (χ0v) is 13.4. The van der Waals surface area contributed by atoms with E-state index in [0.29, 0.717) is 0 Å². The van der Waals surface area contributed by atoms with E-state index < -0.39 is 10.8 Å². The van der Waals surface area contributed by atoms with Crippen LogP contribution in [0, 0.1) is 10.1 Å². The highest BCUT2D eigenvalue weighted by atomic mass is 16.6. The van der Waals surface area contributed by atoms with Crippen LogP contribution < -0.4 is 5.43 Å². The summed E-state index contributed by atoms with van der Waals surface area (Å²) in [5, 5.41) is 15.2. The highest BCUT2D eigenvalue weighted by Gasteiger charge is 2.19. The van der Waals surface area contributed by atoms with Crippen LogP contribution in [0.3, 0.4) is 0 Å². The first kappa shape index (κ1) is 17.3. The topological polar surface area (TPSA) is 84.6 Å². The zero-order valence-electron chi connectivity index (χ0n) is 13.4. The molecule has 24 heavy (non-hydrogen) atoms.